The standard InChI is InChI=1S/C13H19ClN4S/c1-9(2)7-18(8-10-4-3-5-16-10)13-17-12(14)11(6-15)19-13/h9-10,16H,3-5,7-8H2,1-2H3. The quantitative estimate of drug-likeness (QED) is 0.908. The van der Waals surface area contributed by atoms with Gasteiger partial charge in [-0.25, -0.2) is 4.98 Å². The van der Waals surface area contributed by atoms with Gasteiger partial charge >= 0.3 is 0 Å². The van der Waals surface area contributed by atoms with Crippen LogP contribution in [0.25, 0.3) is 0 Å². The highest BCUT2D eigenvalue weighted by molar-refractivity contribution is 7.16. The van der Waals surface area contributed by atoms with E-state index >= 15 is 0 Å². The molecule has 1 unspecified atom stereocenters. The van der Waals surface area contributed by atoms with Crippen LogP contribution in [0.15, 0.2) is 0 Å². The second-order valence-corrected chi connectivity index (χ2v) is 6.66. The first-order valence-corrected chi connectivity index (χ1v) is 7.84. The molecule has 2 rings (SSSR count). The van der Waals surface area contributed by atoms with Gasteiger partial charge in [-0.2, -0.15) is 5.26 Å². The van der Waals surface area contributed by atoms with Crippen molar-refractivity contribution in [2.45, 2.75) is 32.7 Å². The van der Waals surface area contributed by atoms with Crippen LogP contribution in [-0.2, 0) is 0 Å². The molecule has 19 heavy (non-hydrogen) atoms. The minimum Gasteiger partial charge on any atom is -0.346 e. The van der Waals surface area contributed by atoms with Crippen molar-refractivity contribution < 1.29 is 0 Å². The smallest absolute Gasteiger partial charge is 0.188 e. The Morgan fingerprint density at radius 2 is 2.42 bits per heavy atom. The first-order chi connectivity index (χ1) is 9.10. The predicted molar refractivity (Wildman–Crippen MR) is 79.9 cm³/mol. The number of thiazole rings is 1. The number of nitrogens with zero attached hydrogens (tertiary/aromatic N) is 3. The Kier molecular flexibility index (Phi) is 5.03. The molecule has 1 fully saturated rings. The molecule has 0 spiro atoms. The highest BCUT2D eigenvalue weighted by Gasteiger charge is 2.22. The van der Waals surface area contributed by atoms with E-state index in [-0.39, 0.29) is 0 Å². The monoisotopic (exact) mass is 298 g/mol. The minimum absolute atomic E-state index is 0.329. The van der Waals surface area contributed by atoms with Crippen LogP contribution >= 0.6 is 22.9 Å². The predicted octanol–water partition coefficient (Wildman–Crippen LogP) is 2.88. The van der Waals surface area contributed by atoms with Crippen molar-refractivity contribution in [1.82, 2.24) is 10.3 Å². The van der Waals surface area contributed by atoms with Crippen LogP contribution in [0.4, 0.5) is 5.13 Å². The SMILES string of the molecule is CC(C)CN(CC1CCCN1)c1nc(Cl)c(C#N)s1. The Bertz CT molecular complexity index is 460. The highest BCUT2D eigenvalue weighted by Crippen LogP contribution is 2.30. The van der Waals surface area contributed by atoms with Crippen molar-refractivity contribution in [3.05, 3.63) is 10.0 Å². The average Bonchev–Trinajstić information content (AvgIpc) is 2.97. The van der Waals surface area contributed by atoms with Gasteiger partial charge in [0.05, 0.1) is 0 Å². The van der Waals surface area contributed by atoms with E-state index in [2.05, 4.69) is 35.1 Å². The lowest BCUT2D eigenvalue weighted by molar-refractivity contribution is 0.540. The minimum atomic E-state index is 0.329. The zero-order chi connectivity index (χ0) is 13.8. The fourth-order valence-corrected chi connectivity index (χ4v) is 3.41. The number of rotatable bonds is 5. The second kappa shape index (κ2) is 6.56. The van der Waals surface area contributed by atoms with E-state index in [1.54, 1.807) is 0 Å². The topological polar surface area (TPSA) is 52.0 Å². The molecule has 2 heterocycles. The molecule has 0 bridgehead atoms. The van der Waals surface area contributed by atoms with Gasteiger partial charge in [0, 0.05) is 19.1 Å². The Balaban J connectivity index is 2.13. The first kappa shape index (κ1) is 14.6. The lowest BCUT2D eigenvalue weighted by Crippen LogP contribution is -2.39. The van der Waals surface area contributed by atoms with Gasteiger partial charge in [-0.1, -0.05) is 36.8 Å². The molecule has 0 amide bonds. The van der Waals surface area contributed by atoms with Crippen LogP contribution in [0.1, 0.15) is 31.6 Å². The van der Waals surface area contributed by atoms with Gasteiger partial charge < -0.3 is 10.2 Å². The van der Waals surface area contributed by atoms with Gasteiger partial charge in [0.1, 0.15) is 10.9 Å². The van der Waals surface area contributed by atoms with E-state index in [0.29, 0.717) is 22.0 Å². The number of nitriles is 1. The molecule has 1 aliphatic heterocycles. The summed E-state index contributed by atoms with van der Waals surface area (Å²) in [6.45, 7) is 7.35. The van der Waals surface area contributed by atoms with Crippen LogP contribution < -0.4 is 10.2 Å². The zero-order valence-corrected chi connectivity index (χ0v) is 12.9. The Morgan fingerprint density at radius 3 is 2.95 bits per heavy atom. The van der Waals surface area contributed by atoms with Crippen molar-refractivity contribution in [1.29, 1.82) is 5.26 Å². The van der Waals surface area contributed by atoms with E-state index < -0.39 is 0 Å². The molecule has 6 heteroatoms. The Hall–Kier alpha value is -0.830. The van der Waals surface area contributed by atoms with Crippen molar-refractivity contribution >= 4 is 28.1 Å². The Morgan fingerprint density at radius 1 is 1.63 bits per heavy atom. The normalized spacial score (nSPS) is 18.8. The van der Waals surface area contributed by atoms with E-state index in [1.807, 2.05) is 0 Å². The molecule has 0 aromatic carbocycles. The molecule has 1 aromatic rings. The summed E-state index contributed by atoms with van der Waals surface area (Å²) in [5.74, 6) is 0.551. The molecule has 0 aliphatic carbocycles. The maximum absolute atomic E-state index is 8.98. The summed E-state index contributed by atoms with van der Waals surface area (Å²) in [6, 6.07) is 2.62. The third-order valence-corrected chi connectivity index (χ3v) is 4.54. The molecule has 1 aromatic heterocycles. The highest BCUT2D eigenvalue weighted by atomic mass is 35.5. The number of hydrogen-bond donors (Lipinski definition) is 1. The van der Waals surface area contributed by atoms with Crippen LogP contribution in [0.5, 0.6) is 0 Å². The number of aromatic nitrogens is 1. The third kappa shape index (κ3) is 3.82. The fourth-order valence-electron chi connectivity index (χ4n) is 2.35. The van der Waals surface area contributed by atoms with E-state index in [1.165, 1.54) is 24.2 Å². The molecule has 1 aliphatic rings. The van der Waals surface area contributed by atoms with Gasteiger partial charge in [0.15, 0.2) is 10.3 Å². The van der Waals surface area contributed by atoms with Crippen molar-refractivity contribution in [2.75, 3.05) is 24.5 Å². The molecular weight excluding hydrogens is 280 g/mol. The van der Waals surface area contributed by atoms with Crippen molar-refractivity contribution in [3.8, 4) is 6.07 Å². The van der Waals surface area contributed by atoms with E-state index in [4.69, 9.17) is 16.9 Å². The van der Waals surface area contributed by atoms with Gasteiger partial charge in [0.25, 0.3) is 0 Å². The third-order valence-electron chi connectivity index (χ3n) is 3.14. The molecule has 1 saturated heterocycles. The van der Waals surface area contributed by atoms with Crippen LogP contribution in [0.2, 0.25) is 5.15 Å². The lowest BCUT2D eigenvalue weighted by Gasteiger charge is -2.26. The summed E-state index contributed by atoms with van der Waals surface area (Å²) >= 11 is 7.36. The Labute approximate surface area is 123 Å². The molecular formula is C13H19ClN4S. The fraction of sp³-hybridized carbons (Fsp3) is 0.692. The van der Waals surface area contributed by atoms with Crippen LogP contribution in [0, 0.1) is 17.2 Å². The van der Waals surface area contributed by atoms with Crippen LogP contribution in [-0.4, -0.2) is 30.7 Å². The summed E-state index contributed by atoms with van der Waals surface area (Å²) in [6.07, 6.45) is 2.45. The lowest BCUT2D eigenvalue weighted by atomic mass is 10.2. The second-order valence-electron chi connectivity index (χ2n) is 5.32. The van der Waals surface area contributed by atoms with Crippen LogP contribution in [0.3, 0.4) is 0 Å². The summed E-state index contributed by atoms with van der Waals surface area (Å²) < 4.78 is 0. The number of hydrogen-bond acceptors (Lipinski definition) is 5. The number of halogens is 1. The van der Waals surface area contributed by atoms with Gasteiger partial charge in [-0.3, -0.25) is 0 Å². The van der Waals surface area contributed by atoms with Gasteiger partial charge in [-0.15, -0.1) is 0 Å². The van der Waals surface area contributed by atoms with E-state index in [0.717, 1.165) is 24.8 Å². The van der Waals surface area contributed by atoms with E-state index in [9.17, 15) is 0 Å². The van der Waals surface area contributed by atoms with Gasteiger partial charge in [-0.05, 0) is 25.3 Å². The molecule has 1 atom stereocenters. The molecule has 4 nitrogen and oxygen atoms in total. The molecule has 1 N–H and O–H groups in total. The summed E-state index contributed by atoms with van der Waals surface area (Å²) in [5, 5.41) is 13.7. The first-order valence-electron chi connectivity index (χ1n) is 6.65. The van der Waals surface area contributed by atoms with Gasteiger partial charge in [0.2, 0.25) is 0 Å². The maximum Gasteiger partial charge on any atom is 0.188 e. The molecule has 0 radical (unpaired) electrons. The van der Waals surface area contributed by atoms with Crippen molar-refractivity contribution in [2.24, 2.45) is 5.92 Å². The molecule has 0 saturated carbocycles. The summed E-state index contributed by atoms with van der Waals surface area (Å²) in [4.78, 5) is 7.10. The number of anilines is 1. The summed E-state index contributed by atoms with van der Waals surface area (Å²) in [5.41, 5.74) is 0. The molecule has 104 valence electrons. The zero-order valence-electron chi connectivity index (χ0n) is 11.3. The maximum atomic E-state index is 8.98. The largest absolute Gasteiger partial charge is 0.346 e. The number of nitrogens with one attached hydrogen (secondary N) is 1. The average molecular weight is 299 g/mol. The summed E-state index contributed by atoms with van der Waals surface area (Å²) in [7, 11) is 0. The van der Waals surface area contributed by atoms with Crippen molar-refractivity contribution in [3.63, 3.8) is 0 Å².